The Morgan fingerprint density at radius 2 is 0.978 bits per heavy atom. The van der Waals surface area contributed by atoms with Crippen LogP contribution in [0.1, 0.15) is 174 Å². The summed E-state index contributed by atoms with van der Waals surface area (Å²) in [6, 6.07) is 0. The van der Waals surface area contributed by atoms with Gasteiger partial charge in [-0.3, -0.25) is 9.36 Å². The monoisotopic (exact) mass is 664 g/mol. The zero-order valence-corrected chi connectivity index (χ0v) is 31.0. The van der Waals surface area contributed by atoms with Gasteiger partial charge in [-0.25, -0.2) is 0 Å². The molecule has 2 unspecified atom stereocenters. The zero-order chi connectivity index (χ0) is 33.5. The lowest BCUT2D eigenvalue weighted by molar-refractivity contribution is -0.870. The van der Waals surface area contributed by atoms with Crippen molar-refractivity contribution in [2.75, 3.05) is 47.5 Å². The van der Waals surface area contributed by atoms with Gasteiger partial charge >= 0.3 is 5.97 Å². The number of phosphoric acid groups is 1. The first-order valence-corrected chi connectivity index (χ1v) is 20.3. The largest absolute Gasteiger partial charge is 0.756 e. The van der Waals surface area contributed by atoms with Crippen molar-refractivity contribution in [2.45, 2.75) is 180 Å². The van der Waals surface area contributed by atoms with E-state index in [0.717, 1.165) is 19.3 Å². The second-order valence-electron chi connectivity index (χ2n) is 14.2. The maximum atomic E-state index is 11.9. The Hall–Kier alpha value is -0.500. The Bertz CT molecular complexity index is 701. The van der Waals surface area contributed by atoms with Crippen molar-refractivity contribution < 1.29 is 37.6 Å². The summed E-state index contributed by atoms with van der Waals surface area (Å²) in [4.78, 5) is 23.6. The second-order valence-corrected chi connectivity index (χ2v) is 15.6. The summed E-state index contributed by atoms with van der Waals surface area (Å²) in [6.45, 7) is 1.98. The molecule has 0 amide bonds. The molecule has 0 spiro atoms. The van der Waals surface area contributed by atoms with E-state index >= 15 is 0 Å². The molecule has 9 heteroatoms. The highest BCUT2D eigenvalue weighted by Crippen LogP contribution is 2.38. The number of aliphatic hydroxyl groups excluding tert-OH is 1. The fourth-order valence-electron chi connectivity index (χ4n) is 5.36. The number of unbranched alkanes of at least 4 members (excludes halogenated alkanes) is 24. The molecule has 45 heavy (non-hydrogen) atoms. The molecule has 0 bridgehead atoms. The fourth-order valence-corrected chi connectivity index (χ4v) is 6.09. The first-order valence-electron chi connectivity index (χ1n) is 18.8. The van der Waals surface area contributed by atoms with Gasteiger partial charge in [-0.05, 0) is 6.42 Å². The molecule has 0 aliphatic heterocycles. The number of aliphatic hydroxyl groups is 1. The predicted molar refractivity (Wildman–Crippen MR) is 185 cm³/mol. The standard InChI is InChI=1S/C36H74NO7P/c1-5-6-7-8-9-10-11-12-13-14-15-16-17-18-19-20-21-22-23-24-25-26-27-28-29-30-36(39)42-33-35(38)34-44-45(40,41)43-32-31-37(2,3)4/h35,38H,5-34H2,1-4H3. The van der Waals surface area contributed by atoms with Gasteiger partial charge in [-0.15, -0.1) is 0 Å². The third kappa shape index (κ3) is 36.2. The van der Waals surface area contributed by atoms with Crippen LogP contribution in [0.15, 0.2) is 0 Å². The summed E-state index contributed by atoms with van der Waals surface area (Å²) >= 11 is 0. The van der Waals surface area contributed by atoms with E-state index in [4.69, 9.17) is 9.26 Å². The van der Waals surface area contributed by atoms with Gasteiger partial charge in [-0.2, -0.15) is 0 Å². The first kappa shape index (κ1) is 44.5. The van der Waals surface area contributed by atoms with E-state index in [1.165, 1.54) is 141 Å². The summed E-state index contributed by atoms with van der Waals surface area (Å²) in [5.74, 6) is -0.382. The minimum Gasteiger partial charge on any atom is -0.756 e. The molecular formula is C36H74NO7P. The average molecular weight is 664 g/mol. The molecule has 0 aromatic heterocycles. The molecular weight excluding hydrogens is 589 g/mol. The summed E-state index contributed by atoms with van der Waals surface area (Å²) in [7, 11) is 1.26. The lowest BCUT2D eigenvalue weighted by Gasteiger charge is -2.27. The summed E-state index contributed by atoms with van der Waals surface area (Å²) in [5, 5.41) is 9.86. The van der Waals surface area contributed by atoms with Crippen LogP contribution < -0.4 is 4.89 Å². The quantitative estimate of drug-likeness (QED) is 0.0312. The van der Waals surface area contributed by atoms with Crippen LogP contribution in [-0.2, 0) is 23.1 Å². The maximum Gasteiger partial charge on any atom is 0.305 e. The van der Waals surface area contributed by atoms with E-state index < -0.39 is 20.5 Å². The van der Waals surface area contributed by atoms with Gasteiger partial charge in [0.05, 0.1) is 27.7 Å². The van der Waals surface area contributed by atoms with Crippen molar-refractivity contribution in [1.82, 2.24) is 0 Å². The number of hydrogen-bond acceptors (Lipinski definition) is 7. The Labute approximate surface area is 278 Å². The van der Waals surface area contributed by atoms with E-state index in [9.17, 15) is 19.4 Å². The van der Waals surface area contributed by atoms with E-state index in [2.05, 4.69) is 11.4 Å². The highest BCUT2D eigenvalue weighted by Gasteiger charge is 2.16. The number of carbonyl (C=O) groups is 1. The molecule has 0 saturated heterocycles. The van der Waals surface area contributed by atoms with Gasteiger partial charge in [0, 0.05) is 6.42 Å². The van der Waals surface area contributed by atoms with Crippen LogP contribution in [-0.4, -0.2) is 69.2 Å². The van der Waals surface area contributed by atoms with Gasteiger partial charge in [-0.1, -0.05) is 161 Å². The topological polar surface area (TPSA) is 105 Å². The van der Waals surface area contributed by atoms with Gasteiger partial charge in [0.15, 0.2) is 0 Å². The zero-order valence-electron chi connectivity index (χ0n) is 30.1. The number of rotatable bonds is 35. The SMILES string of the molecule is CCCCCCCCCCCCCCCCCCCCCCCCCCCC(=O)OCC(O)COP(=O)([O-])OCC[N+](C)(C)C. The summed E-state index contributed by atoms with van der Waals surface area (Å²) in [5.41, 5.74) is 0. The van der Waals surface area contributed by atoms with Crippen molar-refractivity contribution >= 4 is 13.8 Å². The lowest BCUT2D eigenvalue weighted by atomic mass is 10.0. The lowest BCUT2D eigenvalue weighted by Crippen LogP contribution is -2.37. The van der Waals surface area contributed by atoms with Crippen molar-refractivity contribution in [3.8, 4) is 0 Å². The molecule has 0 fully saturated rings. The van der Waals surface area contributed by atoms with Gasteiger partial charge in [0.2, 0.25) is 0 Å². The van der Waals surface area contributed by atoms with Gasteiger partial charge < -0.3 is 28.3 Å². The molecule has 0 aliphatic carbocycles. The normalized spacial score (nSPS) is 14.0. The van der Waals surface area contributed by atoms with E-state index in [0.29, 0.717) is 17.4 Å². The highest BCUT2D eigenvalue weighted by molar-refractivity contribution is 7.45. The number of likely N-dealkylation sites (N-methyl/N-ethyl adjacent to an activating group) is 1. The predicted octanol–water partition coefficient (Wildman–Crippen LogP) is 9.26. The average Bonchev–Trinajstić information content (AvgIpc) is 2.98. The third-order valence-corrected chi connectivity index (χ3v) is 9.32. The Morgan fingerprint density at radius 1 is 0.622 bits per heavy atom. The smallest absolute Gasteiger partial charge is 0.305 e. The van der Waals surface area contributed by atoms with Crippen LogP contribution in [0.2, 0.25) is 0 Å². The number of nitrogens with zero attached hydrogens (tertiary/aromatic N) is 1. The fraction of sp³-hybridized carbons (Fsp3) is 0.972. The molecule has 8 nitrogen and oxygen atoms in total. The Balaban J connectivity index is 3.36. The third-order valence-electron chi connectivity index (χ3n) is 8.36. The van der Waals surface area contributed by atoms with Crippen LogP contribution >= 0.6 is 7.82 Å². The number of quaternary nitrogens is 1. The molecule has 0 aromatic rings. The van der Waals surface area contributed by atoms with E-state index in [1.807, 2.05) is 21.1 Å². The number of hydrogen-bond donors (Lipinski definition) is 1. The van der Waals surface area contributed by atoms with Crippen molar-refractivity contribution in [2.24, 2.45) is 0 Å². The van der Waals surface area contributed by atoms with Crippen LogP contribution in [0.25, 0.3) is 0 Å². The molecule has 270 valence electrons. The van der Waals surface area contributed by atoms with E-state index in [1.54, 1.807) is 0 Å². The van der Waals surface area contributed by atoms with Crippen LogP contribution in [0.3, 0.4) is 0 Å². The molecule has 0 saturated carbocycles. The van der Waals surface area contributed by atoms with Crippen molar-refractivity contribution in [1.29, 1.82) is 0 Å². The number of phosphoric ester groups is 1. The van der Waals surface area contributed by atoms with Crippen LogP contribution in [0, 0.1) is 0 Å². The number of carbonyl (C=O) groups excluding carboxylic acids is 1. The minimum atomic E-state index is -4.49. The second kappa shape index (κ2) is 30.8. The van der Waals surface area contributed by atoms with Crippen LogP contribution in [0.5, 0.6) is 0 Å². The van der Waals surface area contributed by atoms with Gasteiger partial charge in [0.1, 0.15) is 25.9 Å². The maximum absolute atomic E-state index is 11.9. The molecule has 0 aliphatic rings. The molecule has 0 radical (unpaired) electrons. The molecule has 0 rings (SSSR count). The molecule has 2 atom stereocenters. The van der Waals surface area contributed by atoms with Gasteiger partial charge in [0.25, 0.3) is 7.82 Å². The van der Waals surface area contributed by atoms with Crippen LogP contribution in [0.4, 0.5) is 0 Å². The minimum absolute atomic E-state index is 0.00499. The highest BCUT2D eigenvalue weighted by atomic mass is 31.2. The first-order chi connectivity index (χ1) is 21.6. The number of esters is 1. The van der Waals surface area contributed by atoms with E-state index in [-0.39, 0.29) is 19.2 Å². The molecule has 0 aromatic carbocycles. The summed E-state index contributed by atoms with van der Waals surface area (Å²) < 4.78 is 26.8. The Morgan fingerprint density at radius 3 is 1.33 bits per heavy atom. The number of ether oxygens (including phenoxy) is 1. The summed E-state index contributed by atoms with van der Waals surface area (Å²) in [6.07, 6.45) is 32.6. The molecule has 0 heterocycles. The molecule has 1 N–H and O–H groups in total. The Kier molecular flexibility index (Phi) is 30.5. The van der Waals surface area contributed by atoms with Crippen molar-refractivity contribution in [3.63, 3.8) is 0 Å². The van der Waals surface area contributed by atoms with Crippen molar-refractivity contribution in [3.05, 3.63) is 0 Å².